The molecule has 3 rings (SSSR count). The normalized spacial score (nSPS) is 11.1. The van der Waals surface area contributed by atoms with Crippen LogP contribution in [-0.2, 0) is 0 Å². The molecular weight excluding hydrogens is 378 g/mol. The summed E-state index contributed by atoms with van der Waals surface area (Å²) in [4.78, 5) is 5.83. The zero-order valence-corrected chi connectivity index (χ0v) is 18.0. The molecule has 0 saturated carbocycles. The van der Waals surface area contributed by atoms with Gasteiger partial charge in [0.05, 0.1) is 18.5 Å². The summed E-state index contributed by atoms with van der Waals surface area (Å²) < 4.78 is 5.80. The minimum atomic E-state index is 0.784. The highest BCUT2D eigenvalue weighted by Crippen LogP contribution is 2.30. The Morgan fingerprint density at radius 2 is 1.76 bits per heavy atom. The van der Waals surface area contributed by atoms with Gasteiger partial charge in [-0.3, -0.25) is 5.43 Å². The van der Waals surface area contributed by atoms with E-state index < -0.39 is 0 Å². The average Bonchev–Trinajstić information content (AvgIpc) is 3.13. The van der Waals surface area contributed by atoms with Crippen molar-refractivity contribution in [2.24, 2.45) is 5.10 Å². The highest BCUT2D eigenvalue weighted by molar-refractivity contribution is 7.15. The van der Waals surface area contributed by atoms with Crippen LogP contribution in [0.3, 0.4) is 0 Å². The molecule has 0 spiro atoms. The number of unbranched alkanes of at least 4 members (excludes halogenated alkanes) is 4. The van der Waals surface area contributed by atoms with Crippen LogP contribution in [0.15, 0.2) is 59.7 Å². The van der Waals surface area contributed by atoms with E-state index in [0.717, 1.165) is 40.7 Å². The lowest BCUT2D eigenvalue weighted by Crippen LogP contribution is -1.97. The lowest BCUT2D eigenvalue weighted by atomic mass is 10.1. The summed E-state index contributed by atoms with van der Waals surface area (Å²) in [5, 5.41) is 5.12. The van der Waals surface area contributed by atoms with E-state index in [0.29, 0.717) is 0 Å². The van der Waals surface area contributed by atoms with E-state index in [1.807, 2.05) is 42.5 Å². The first-order chi connectivity index (χ1) is 14.3. The van der Waals surface area contributed by atoms with Gasteiger partial charge in [0, 0.05) is 10.4 Å². The highest BCUT2D eigenvalue weighted by atomic mass is 32.1. The fraction of sp³-hybridized carbons (Fsp3) is 0.333. The second-order valence-corrected chi connectivity index (χ2v) is 8.19. The fourth-order valence-corrected chi connectivity index (χ4v) is 3.80. The standard InChI is InChI=1S/C24H29N3OS/c1-3-4-5-6-10-17-28-22-15-13-20(14-16-22)18-25-27-24-26-23(19(2)29-24)21-11-8-7-9-12-21/h7-9,11-16,18H,3-6,10,17H2,1-2H3,(H,26,27). The third-order valence-corrected chi connectivity index (χ3v) is 5.49. The molecule has 0 atom stereocenters. The molecule has 1 heterocycles. The van der Waals surface area contributed by atoms with Gasteiger partial charge in [0.15, 0.2) is 0 Å². The Morgan fingerprint density at radius 3 is 2.52 bits per heavy atom. The van der Waals surface area contributed by atoms with Gasteiger partial charge in [-0.15, -0.1) is 11.3 Å². The molecule has 0 fully saturated rings. The summed E-state index contributed by atoms with van der Waals surface area (Å²) in [5.41, 5.74) is 6.19. The van der Waals surface area contributed by atoms with Gasteiger partial charge in [0.1, 0.15) is 5.75 Å². The molecule has 4 nitrogen and oxygen atoms in total. The van der Waals surface area contributed by atoms with Crippen LogP contribution in [0.25, 0.3) is 11.3 Å². The second-order valence-electron chi connectivity index (χ2n) is 6.99. The first kappa shape index (κ1) is 21.1. The van der Waals surface area contributed by atoms with Crippen molar-refractivity contribution in [3.63, 3.8) is 0 Å². The summed E-state index contributed by atoms with van der Waals surface area (Å²) >= 11 is 1.61. The van der Waals surface area contributed by atoms with E-state index in [9.17, 15) is 0 Å². The van der Waals surface area contributed by atoms with Crippen molar-refractivity contribution in [1.29, 1.82) is 0 Å². The molecule has 0 amide bonds. The zero-order valence-electron chi connectivity index (χ0n) is 17.2. The predicted molar refractivity (Wildman–Crippen MR) is 124 cm³/mol. The summed E-state index contributed by atoms with van der Waals surface area (Å²) in [6.45, 7) is 5.10. The number of benzene rings is 2. The first-order valence-corrected chi connectivity index (χ1v) is 11.1. The van der Waals surface area contributed by atoms with Gasteiger partial charge in [0.25, 0.3) is 0 Å². The molecule has 0 unspecified atom stereocenters. The zero-order chi connectivity index (χ0) is 20.3. The van der Waals surface area contributed by atoms with Gasteiger partial charge in [-0.05, 0) is 43.2 Å². The summed E-state index contributed by atoms with van der Waals surface area (Å²) in [5.74, 6) is 0.911. The fourth-order valence-electron chi connectivity index (χ4n) is 3.02. The number of thiazole rings is 1. The van der Waals surface area contributed by atoms with E-state index in [1.54, 1.807) is 17.6 Å². The van der Waals surface area contributed by atoms with Crippen molar-refractivity contribution in [2.45, 2.75) is 46.0 Å². The number of hydrazone groups is 1. The van der Waals surface area contributed by atoms with Crippen molar-refractivity contribution < 1.29 is 4.74 Å². The van der Waals surface area contributed by atoms with Gasteiger partial charge in [-0.25, -0.2) is 4.98 Å². The minimum absolute atomic E-state index is 0.784. The molecule has 0 radical (unpaired) electrons. The van der Waals surface area contributed by atoms with E-state index in [2.05, 4.69) is 41.5 Å². The third-order valence-electron chi connectivity index (χ3n) is 4.61. The summed E-state index contributed by atoms with van der Waals surface area (Å²) in [6.07, 6.45) is 8.05. The molecule has 1 aromatic heterocycles. The lowest BCUT2D eigenvalue weighted by Gasteiger charge is -2.06. The van der Waals surface area contributed by atoms with Crippen LogP contribution in [0, 0.1) is 6.92 Å². The molecule has 1 N–H and O–H groups in total. The van der Waals surface area contributed by atoms with Crippen LogP contribution in [0.1, 0.15) is 49.5 Å². The molecule has 0 bridgehead atoms. The van der Waals surface area contributed by atoms with Crippen LogP contribution < -0.4 is 10.2 Å². The first-order valence-electron chi connectivity index (χ1n) is 10.3. The Morgan fingerprint density at radius 1 is 1.00 bits per heavy atom. The molecule has 3 aromatic rings. The number of ether oxygens (including phenoxy) is 1. The number of nitrogens with zero attached hydrogens (tertiary/aromatic N) is 2. The number of hydrogen-bond donors (Lipinski definition) is 1. The number of aromatic nitrogens is 1. The van der Waals surface area contributed by atoms with Crippen LogP contribution in [0.4, 0.5) is 5.13 Å². The van der Waals surface area contributed by atoms with Gasteiger partial charge < -0.3 is 4.74 Å². The minimum Gasteiger partial charge on any atom is -0.494 e. The van der Waals surface area contributed by atoms with Crippen molar-refractivity contribution in [3.05, 3.63) is 65.0 Å². The Hall–Kier alpha value is -2.66. The number of hydrogen-bond acceptors (Lipinski definition) is 5. The van der Waals surface area contributed by atoms with Crippen LogP contribution in [-0.4, -0.2) is 17.8 Å². The van der Waals surface area contributed by atoms with Gasteiger partial charge >= 0.3 is 0 Å². The van der Waals surface area contributed by atoms with Crippen molar-refractivity contribution >= 4 is 22.7 Å². The SMILES string of the molecule is CCCCCCCOc1ccc(C=NNc2nc(-c3ccccc3)c(C)s2)cc1. The van der Waals surface area contributed by atoms with E-state index in [-0.39, 0.29) is 0 Å². The monoisotopic (exact) mass is 407 g/mol. The molecule has 0 aliphatic rings. The van der Waals surface area contributed by atoms with Crippen molar-refractivity contribution in [3.8, 4) is 17.0 Å². The molecule has 152 valence electrons. The average molecular weight is 408 g/mol. The van der Waals surface area contributed by atoms with Gasteiger partial charge in [-0.1, -0.05) is 62.9 Å². The van der Waals surface area contributed by atoms with Crippen LogP contribution >= 0.6 is 11.3 Å². The van der Waals surface area contributed by atoms with Crippen LogP contribution in [0.5, 0.6) is 5.75 Å². The lowest BCUT2D eigenvalue weighted by molar-refractivity contribution is 0.304. The maximum Gasteiger partial charge on any atom is 0.204 e. The highest BCUT2D eigenvalue weighted by Gasteiger charge is 2.08. The number of nitrogens with one attached hydrogen (secondary N) is 1. The van der Waals surface area contributed by atoms with Crippen LogP contribution in [0.2, 0.25) is 0 Å². The topological polar surface area (TPSA) is 46.5 Å². The Kier molecular flexibility index (Phi) is 8.25. The van der Waals surface area contributed by atoms with Crippen molar-refractivity contribution in [1.82, 2.24) is 4.98 Å². The molecule has 0 aliphatic carbocycles. The molecule has 5 heteroatoms. The Bertz CT molecular complexity index is 888. The summed E-state index contributed by atoms with van der Waals surface area (Å²) in [6, 6.07) is 18.2. The molecular formula is C24H29N3OS. The van der Waals surface area contributed by atoms with Crippen molar-refractivity contribution in [2.75, 3.05) is 12.0 Å². The molecule has 0 aliphatic heterocycles. The van der Waals surface area contributed by atoms with Gasteiger partial charge in [0.2, 0.25) is 5.13 Å². The maximum atomic E-state index is 5.80. The van der Waals surface area contributed by atoms with E-state index in [1.165, 1.54) is 30.6 Å². The third kappa shape index (κ3) is 6.71. The smallest absolute Gasteiger partial charge is 0.204 e. The maximum absolute atomic E-state index is 5.80. The second kappa shape index (κ2) is 11.4. The quantitative estimate of drug-likeness (QED) is 0.213. The predicted octanol–water partition coefficient (Wildman–Crippen LogP) is 6.91. The number of aryl methyl sites for hydroxylation is 1. The molecule has 29 heavy (non-hydrogen) atoms. The Labute approximate surface area is 177 Å². The largest absolute Gasteiger partial charge is 0.494 e. The molecule has 0 saturated heterocycles. The Balaban J connectivity index is 1.47. The summed E-state index contributed by atoms with van der Waals surface area (Å²) in [7, 11) is 0. The van der Waals surface area contributed by atoms with Gasteiger partial charge in [-0.2, -0.15) is 5.10 Å². The number of anilines is 1. The molecule has 2 aromatic carbocycles. The van der Waals surface area contributed by atoms with E-state index in [4.69, 9.17) is 4.74 Å². The number of rotatable bonds is 11. The van der Waals surface area contributed by atoms with E-state index >= 15 is 0 Å².